The molecule has 0 spiro atoms. The number of rotatable bonds is 5. The van der Waals surface area contributed by atoms with Crippen LogP contribution in [-0.4, -0.2) is 24.0 Å². The zero-order chi connectivity index (χ0) is 16.2. The molecule has 0 aromatic heterocycles. The van der Waals surface area contributed by atoms with Crippen molar-refractivity contribution in [2.75, 3.05) is 12.9 Å². The van der Waals surface area contributed by atoms with E-state index < -0.39 is 6.10 Å². The number of methoxy groups -OCH3 is 1. The van der Waals surface area contributed by atoms with Crippen LogP contribution in [0.3, 0.4) is 0 Å². The largest absolute Gasteiger partial charge is 0.497 e. The fraction of sp³-hybridized carbons (Fsp3) is 0.368. The van der Waals surface area contributed by atoms with Gasteiger partial charge in [-0.2, -0.15) is 0 Å². The third-order valence-corrected chi connectivity index (χ3v) is 5.48. The van der Waals surface area contributed by atoms with Crippen molar-refractivity contribution in [2.24, 2.45) is 0 Å². The van der Waals surface area contributed by atoms with E-state index in [1.807, 2.05) is 43.0 Å². The Balaban J connectivity index is 1.70. The van der Waals surface area contributed by atoms with Crippen molar-refractivity contribution in [3.63, 3.8) is 0 Å². The van der Waals surface area contributed by atoms with Gasteiger partial charge in [-0.05, 0) is 48.4 Å². The zero-order valence-electron chi connectivity index (χ0n) is 13.5. The normalized spacial score (nSPS) is 19.7. The van der Waals surface area contributed by atoms with E-state index in [2.05, 4.69) is 29.6 Å². The molecule has 2 aromatic carbocycles. The van der Waals surface area contributed by atoms with Crippen LogP contribution < -0.4 is 10.1 Å². The van der Waals surface area contributed by atoms with Crippen molar-refractivity contribution in [1.82, 2.24) is 5.32 Å². The lowest BCUT2D eigenvalue weighted by Gasteiger charge is -2.31. The van der Waals surface area contributed by atoms with Gasteiger partial charge in [-0.3, -0.25) is 0 Å². The zero-order valence-corrected chi connectivity index (χ0v) is 14.3. The summed E-state index contributed by atoms with van der Waals surface area (Å²) in [4.78, 5) is 1.35. The number of aliphatic hydroxyl groups excluding tert-OH is 1. The first kappa shape index (κ1) is 16.4. The standard InChI is InChI=1S/C19H23NO2S/c1-13(19(21)14-7-9-15(22-2)10-8-14)20-17-11-12-23-18-6-4-3-5-16(17)18/h3-10,13,17,19-21H,11-12H2,1-2H3. The second kappa shape index (κ2) is 7.39. The molecule has 3 atom stereocenters. The van der Waals surface area contributed by atoms with Crippen molar-refractivity contribution in [3.05, 3.63) is 59.7 Å². The molecule has 2 N–H and O–H groups in total. The van der Waals surface area contributed by atoms with E-state index in [4.69, 9.17) is 4.74 Å². The summed E-state index contributed by atoms with van der Waals surface area (Å²) < 4.78 is 5.17. The summed E-state index contributed by atoms with van der Waals surface area (Å²) in [5.41, 5.74) is 2.25. The van der Waals surface area contributed by atoms with E-state index in [0.29, 0.717) is 6.04 Å². The van der Waals surface area contributed by atoms with Gasteiger partial charge in [0.1, 0.15) is 5.75 Å². The fourth-order valence-electron chi connectivity index (χ4n) is 3.01. The average molecular weight is 329 g/mol. The molecule has 0 saturated heterocycles. The molecule has 3 nitrogen and oxygen atoms in total. The maximum Gasteiger partial charge on any atom is 0.118 e. The molecular weight excluding hydrogens is 306 g/mol. The monoisotopic (exact) mass is 329 g/mol. The van der Waals surface area contributed by atoms with Gasteiger partial charge in [-0.15, -0.1) is 11.8 Å². The van der Waals surface area contributed by atoms with Gasteiger partial charge >= 0.3 is 0 Å². The highest BCUT2D eigenvalue weighted by Gasteiger charge is 2.24. The first-order valence-corrected chi connectivity index (χ1v) is 8.97. The fourth-order valence-corrected chi connectivity index (χ4v) is 4.14. The first-order chi connectivity index (χ1) is 11.2. The van der Waals surface area contributed by atoms with Crippen LogP contribution in [-0.2, 0) is 0 Å². The highest BCUT2D eigenvalue weighted by Crippen LogP contribution is 2.36. The van der Waals surface area contributed by atoms with E-state index >= 15 is 0 Å². The summed E-state index contributed by atoms with van der Waals surface area (Å²) >= 11 is 1.91. The van der Waals surface area contributed by atoms with E-state index in [1.165, 1.54) is 10.5 Å². The van der Waals surface area contributed by atoms with Crippen molar-refractivity contribution >= 4 is 11.8 Å². The van der Waals surface area contributed by atoms with Crippen LogP contribution in [0.4, 0.5) is 0 Å². The van der Waals surface area contributed by atoms with Gasteiger partial charge in [0.25, 0.3) is 0 Å². The van der Waals surface area contributed by atoms with Crippen molar-refractivity contribution in [1.29, 1.82) is 0 Å². The van der Waals surface area contributed by atoms with Crippen molar-refractivity contribution < 1.29 is 9.84 Å². The van der Waals surface area contributed by atoms with Crippen molar-refractivity contribution in [2.45, 2.75) is 36.4 Å². The molecule has 0 radical (unpaired) electrons. The maximum absolute atomic E-state index is 10.6. The lowest BCUT2D eigenvalue weighted by Crippen LogP contribution is -2.36. The van der Waals surface area contributed by atoms with Gasteiger partial charge in [0, 0.05) is 17.0 Å². The Morgan fingerprint density at radius 3 is 2.65 bits per heavy atom. The van der Waals surface area contributed by atoms with Gasteiger partial charge in [-0.1, -0.05) is 30.3 Å². The highest BCUT2D eigenvalue weighted by molar-refractivity contribution is 7.99. The predicted molar refractivity (Wildman–Crippen MR) is 95.1 cm³/mol. The number of fused-ring (bicyclic) bond motifs is 1. The Kier molecular flexibility index (Phi) is 5.26. The number of ether oxygens (including phenoxy) is 1. The number of thioether (sulfide) groups is 1. The molecular formula is C19H23NO2S. The number of hydrogen-bond acceptors (Lipinski definition) is 4. The molecule has 0 amide bonds. The Morgan fingerprint density at radius 2 is 1.91 bits per heavy atom. The summed E-state index contributed by atoms with van der Waals surface area (Å²) in [6.45, 7) is 2.04. The van der Waals surface area contributed by atoms with E-state index in [-0.39, 0.29) is 6.04 Å². The van der Waals surface area contributed by atoms with Crippen LogP contribution in [0.25, 0.3) is 0 Å². The molecule has 1 heterocycles. The second-order valence-corrected chi connectivity index (χ2v) is 7.04. The summed E-state index contributed by atoms with van der Waals surface area (Å²) in [7, 11) is 1.65. The van der Waals surface area contributed by atoms with E-state index in [1.54, 1.807) is 7.11 Å². The van der Waals surface area contributed by atoms with Crippen LogP contribution in [0.15, 0.2) is 53.4 Å². The summed E-state index contributed by atoms with van der Waals surface area (Å²) in [6, 6.07) is 16.4. The molecule has 23 heavy (non-hydrogen) atoms. The predicted octanol–water partition coefficient (Wildman–Crippen LogP) is 3.94. The van der Waals surface area contributed by atoms with Gasteiger partial charge < -0.3 is 15.2 Å². The Hall–Kier alpha value is -1.49. The molecule has 4 heteroatoms. The Labute approximate surface area is 142 Å². The highest BCUT2D eigenvalue weighted by atomic mass is 32.2. The third-order valence-electron chi connectivity index (χ3n) is 4.35. The minimum Gasteiger partial charge on any atom is -0.497 e. The number of benzene rings is 2. The summed E-state index contributed by atoms with van der Waals surface area (Å²) in [6.07, 6.45) is 0.545. The van der Waals surface area contributed by atoms with Crippen LogP contribution in [0, 0.1) is 0 Å². The summed E-state index contributed by atoms with van der Waals surface area (Å²) in [5, 5.41) is 14.2. The van der Waals surface area contributed by atoms with Crippen LogP contribution in [0.1, 0.15) is 36.6 Å². The number of aliphatic hydroxyl groups is 1. The quantitative estimate of drug-likeness (QED) is 0.872. The second-order valence-electron chi connectivity index (χ2n) is 5.90. The lowest BCUT2D eigenvalue weighted by molar-refractivity contribution is 0.128. The minimum atomic E-state index is -0.539. The van der Waals surface area contributed by atoms with Gasteiger partial charge in [-0.25, -0.2) is 0 Å². The van der Waals surface area contributed by atoms with Crippen LogP contribution in [0.5, 0.6) is 5.75 Å². The third kappa shape index (κ3) is 3.71. The lowest BCUT2D eigenvalue weighted by atomic mass is 9.99. The SMILES string of the molecule is COc1ccc(C(O)C(C)NC2CCSc3ccccc32)cc1. The smallest absolute Gasteiger partial charge is 0.118 e. The molecule has 0 fully saturated rings. The molecule has 0 bridgehead atoms. The van der Waals surface area contributed by atoms with E-state index in [0.717, 1.165) is 23.5 Å². The molecule has 122 valence electrons. The first-order valence-electron chi connectivity index (χ1n) is 7.99. The average Bonchev–Trinajstić information content (AvgIpc) is 2.61. The van der Waals surface area contributed by atoms with E-state index in [9.17, 15) is 5.11 Å². The van der Waals surface area contributed by atoms with Gasteiger partial charge in [0.05, 0.1) is 13.2 Å². The molecule has 1 aliphatic heterocycles. The minimum absolute atomic E-state index is 0.0236. The number of nitrogens with one attached hydrogen (secondary N) is 1. The van der Waals surface area contributed by atoms with Gasteiger partial charge in [0.2, 0.25) is 0 Å². The molecule has 3 rings (SSSR count). The molecule has 0 aliphatic carbocycles. The van der Waals surface area contributed by atoms with Gasteiger partial charge in [0.15, 0.2) is 0 Å². The molecule has 0 saturated carbocycles. The molecule has 3 unspecified atom stereocenters. The summed E-state index contributed by atoms with van der Waals surface area (Å²) in [5.74, 6) is 1.92. The number of hydrogen-bond donors (Lipinski definition) is 2. The van der Waals surface area contributed by atoms with Crippen LogP contribution >= 0.6 is 11.8 Å². The van der Waals surface area contributed by atoms with Crippen LogP contribution in [0.2, 0.25) is 0 Å². The Morgan fingerprint density at radius 1 is 1.17 bits per heavy atom. The Bertz CT molecular complexity index is 644. The molecule has 2 aromatic rings. The molecule has 1 aliphatic rings. The maximum atomic E-state index is 10.6. The topological polar surface area (TPSA) is 41.5 Å². The van der Waals surface area contributed by atoms with Crippen molar-refractivity contribution in [3.8, 4) is 5.75 Å².